The monoisotopic (exact) mass is 464 g/mol. The maximum absolute atomic E-state index is 13.8. The topological polar surface area (TPSA) is 99.3 Å². The van der Waals surface area contributed by atoms with Crippen molar-refractivity contribution in [2.45, 2.75) is 19.3 Å². The first-order chi connectivity index (χ1) is 15.1. The highest BCUT2D eigenvalue weighted by Crippen LogP contribution is 2.32. The number of halogens is 4. The zero-order chi connectivity index (χ0) is 23.6. The number of carbonyl (C=O) groups excluding carboxylic acids is 1. The first kappa shape index (κ1) is 23.1. The number of carboxylic acids is 1. The fourth-order valence-electron chi connectivity index (χ4n) is 3.09. The Hall–Kier alpha value is -3.59. The Morgan fingerprint density at radius 1 is 1.09 bits per heavy atom. The molecule has 2 aromatic carbocycles. The third-order valence-electron chi connectivity index (χ3n) is 4.81. The molecule has 32 heavy (non-hydrogen) atoms. The van der Waals surface area contributed by atoms with Gasteiger partial charge in [-0.25, -0.2) is 18.0 Å². The summed E-state index contributed by atoms with van der Waals surface area (Å²) < 4.78 is 40.4. The summed E-state index contributed by atoms with van der Waals surface area (Å²) in [5.74, 6) is -4.11. The van der Waals surface area contributed by atoms with E-state index in [0.29, 0.717) is 0 Å². The molecule has 3 aromatic rings. The molecule has 3 rings (SSSR count). The predicted molar refractivity (Wildman–Crippen MR) is 113 cm³/mol. The number of amides is 1. The Labute approximate surface area is 184 Å². The number of benzene rings is 2. The van der Waals surface area contributed by atoms with Gasteiger partial charge in [0.15, 0.2) is 5.43 Å². The van der Waals surface area contributed by atoms with E-state index >= 15 is 0 Å². The van der Waals surface area contributed by atoms with Crippen molar-refractivity contribution >= 4 is 29.2 Å². The number of nitrogens with one attached hydrogen (secondary N) is 2. The second-order valence-corrected chi connectivity index (χ2v) is 7.35. The van der Waals surface area contributed by atoms with E-state index in [0.717, 1.165) is 18.2 Å². The molecular weight excluding hydrogens is 449 g/mol. The number of aromatic nitrogens is 1. The van der Waals surface area contributed by atoms with Crippen molar-refractivity contribution < 1.29 is 27.9 Å². The SMILES string of the molecule is CC(C(=O)Nc1ccc(C(=O)O)c(F)c1)c1c[nH]c(-c2cc(Cl)ccc2C(F)F)cc1=O. The van der Waals surface area contributed by atoms with Crippen LogP contribution in [0.15, 0.2) is 53.5 Å². The molecule has 6 nitrogen and oxygen atoms in total. The van der Waals surface area contributed by atoms with Crippen LogP contribution in [-0.4, -0.2) is 22.0 Å². The zero-order valence-electron chi connectivity index (χ0n) is 16.5. The maximum atomic E-state index is 13.8. The molecule has 0 saturated carbocycles. The van der Waals surface area contributed by atoms with Crippen LogP contribution in [0.2, 0.25) is 5.02 Å². The summed E-state index contributed by atoms with van der Waals surface area (Å²) in [6.07, 6.45) is -1.55. The number of anilines is 1. The average molecular weight is 465 g/mol. The molecule has 0 bridgehead atoms. The summed E-state index contributed by atoms with van der Waals surface area (Å²) >= 11 is 5.90. The van der Waals surface area contributed by atoms with Gasteiger partial charge in [-0.15, -0.1) is 0 Å². The third kappa shape index (κ3) is 4.83. The van der Waals surface area contributed by atoms with E-state index in [1.807, 2.05) is 0 Å². The smallest absolute Gasteiger partial charge is 0.338 e. The van der Waals surface area contributed by atoms with Gasteiger partial charge in [0.1, 0.15) is 5.82 Å². The van der Waals surface area contributed by atoms with Crippen LogP contribution in [0, 0.1) is 5.82 Å². The van der Waals surface area contributed by atoms with Crippen molar-refractivity contribution in [3.05, 3.63) is 86.4 Å². The number of hydrogen-bond donors (Lipinski definition) is 3. The number of aromatic carboxylic acids is 1. The lowest BCUT2D eigenvalue weighted by Crippen LogP contribution is -2.24. The minimum absolute atomic E-state index is 0.0119. The van der Waals surface area contributed by atoms with Crippen LogP contribution in [0.3, 0.4) is 0 Å². The van der Waals surface area contributed by atoms with Crippen LogP contribution in [0.5, 0.6) is 0 Å². The highest BCUT2D eigenvalue weighted by atomic mass is 35.5. The van der Waals surface area contributed by atoms with Crippen LogP contribution in [-0.2, 0) is 4.79 Å². The summed E-state index contributed by atoms with van der Waals surface area (Å²) in [6.45, 7) is 1.44. The lowest BCUT2D eigenvalue weighted by Gasteiger charge is -2.14. The molecule has 1 unspecified atom stereocenters. The Kier molecular flexibility index (Phi) is 6.69. The van der Waals surface area contributed by atoms with Gasteiger partial charge in [-0.1, -0.05) is 17.7 Å². The van der Waals surface area contributed by atoms with Crippen molar-refractivity contribution in [2.75, 3.05) is 5.32 Å². The summed E-state index contributed by atoms with van der Waals surface area (Å²) in [6, 6.07) is 7.96. The number of H-pyrrole nitrogens is 1. The van der Waals surface area contributed by atoms with E-state index in [9.17, 15) is 27.6 Å². The van der Waals surface area contributed by atoms with E-state index in [1.54, 1.807) is 0 Å². The van der Waals surface area contributed by atoms with Crippen molar-refractivity contribution in [1.82, 2.24) is 4.98 Å². The van der Waals surface area contributed by atoms with E-state index in [2.05, 4.69) is 10.3 Å². The Morgan fingerprint density at radius 2 is 1.81 bits per heavy atom. The van der Waals surface area contributed by atoms with Gasteiger partial charge in [0.25, 0.3) is 6.43 Å². The van der Waals surface area contributed by atoms with Crippen LogP contribution in [0.25, 0.3) is 11.3 Å². The van der Waals surface area contributed by atoms with Crippen molar-refractivity contribution in [3.63, 3.8) is 0 Å². The van der Waals surface area contributed by atoms with Crippen LogP contribution in [0.4, 0.5) is 18.9 Å². The molecule has 0 aliphatic heterocycles. The van der Waals surface area contributed by atoms with Gasteiger partial charge in [-0.05, 0) is 37.3 Å². The molecule has 0 radical (unpaired) electrons. The molecule has 0 aliphatic carbocycles. The molecule has 1 amide bonds. The van der Waals surface area contributed by atoms with Crippen LogP contribution < -0.4 is 10.7 Å². The fraction of sp³-hybridized carbons (Fsp3) is 0.136. The summed E-state index contributed by atoms with van der Waals surface area (Å²) in [5, 5.41) is 11.5. The Bertz CT molecular complexity index is 1260. The first-order valence-electron chi connectivity index (χ1n) is 9.22. The Morgan fingerprint density at radius 3 is 2.41 bits per heavy atom. The van der Waals surface area contributed by atoms with Gasteiger partial charge in [0.05, 0.1) is 11.5 Å². The Balaban J connectivity index is 1.86. The van der Waals surface area contributed by atoms with E-state index < -0.39 is 41.0 Å². The van der Waals surface area contributed by atoms with E-state index in [4.69, 9.17) is 16.7 Å². The van der Waals surface area contributed by atoms with Gasteiger partial charge in [-0.2, -0.15) is 0 Å². The lowest BCUT2D eigenvalue weighted by atomic mass is 9.99. The van der Waals surface area contributed by atoms with Gasteiger partial charge >= 0.3 is 5.97 Å². The minimum Gasteiger partial charge on any atom is -0.478 e. The molecule has 0 saturated heterocycles. The maximum Gasteiger partial charge on any atom is 0.338 e. The molecule has 10 heteroatoms. The largest absolute Gasteiger partial charge is 0.478 e. The van der Waals surface area contributed by atoms with Gasteiger partial charge in [-0.3, -0.25) is 9.59 Å². The third-order valence-corrected chi connectivity index (χ3v) is 5.05. The highest BCUT2D eigenvalue weighted by Gasteiger charge is 2.21. The van der Waals surface area contributed by atoms with Crippen molar-refractivity contribution in [3.8, 4) is 11.3 Å². The molecule has 0 fully saturated rings. The molecule has 3 N–H and O–H groups in total. The quantitative estimate of drug-likeness (QED) is 0.466. The van der Waals surface area contributed by atoms with Crippen molar-refractivity contribution in [1.29, 1.82) is 0 Å². The molecule has 1 aromatic heterocycles. The van der Waals surface area contributed by atoms with Gasteiger partial charge in [0.2, 0.25) is 5.91 Å². The number of alkyl halides is 2. The number of aromatic amines is 1. The van der Waals surface area contributed by atoms with Gasteiger partial charge in [0, 0.05) is 45.4 Å². The normalized spacial score (nSPS) is 11.9. The number of hydrogen-bond acceptors (Lipinski definition) is 3. The van der Waals surface area contributed by atoms with E-state index in [1.165, 1.54) is 37.4 Å². The number of carboxylic acid groups (broad SMARTS) is 1. The number of pyridine rings is 1. The highest BCUT2D eigenvalue weighted by molar-refractivity contribution is 6.30. The predicted octanol–water partition coefficient (Wildman–Crippen LogP) is 5.21. The number of carbonyl (C=O) groups is 2. The van der Waals surface area contributed by atoms with E-state index in [-0.39, 0.29) is 33.1 Å². The zero-order valence-corrected chi connectivity index (χ0v) is 17.2. The summed E-state index contributed by atoms with van der Waals surface area (Å²) in [5.41, 5.74) is -1.21. The fourth-order valence-corrected chi connectivity index (χ4v) is 3.26. The lowest BCUT2D eigenvalue weighted by molar-refractivity contribution is -0.117. The van der Waals surface area contributed by atoms with Crippen LogP contribution >= 0.6 is 11.6 Å². The molecule has 0 aliphatic rings. The second-order valence-electron chi connectivity index (χ2n) is 6.91. The molecule has 1 atom stereocenters. The minimum atomic E-state index is -2.79. The second kappa shape index (κ2) is 9.27. The van der Waals surface area contributed by atoms with Crippen LogP contribution in [0.1, 0.15) is 40.8 Å². The standard InChI is InChI=1S/C22H16ClF3N2O4/c1-10(21(30)28-12-3-5-14(22(31)32)17(24)7-12)16-9-27-18(8-19(16)29)15-6-11(23)2-4-13(15)20(25)26/h2-10,20H,1H3,(H,27,29)(H,28,30)(H,31,32). The van der Waals surface area contributed by atoms with Crippen molar-refractivity contribution in [2.24, 2.45) is 0 Å². The molecular formula is C22H16ClF3N2O4. The molecule has 166 valence electrons. The number of rotatable bonds is 6. The summed E-state index contributed by atoms with van der Waals surface area (Å²) in [7, 11) is 0. The summed E-state index contributed by atoms with van der Waals surface area (Å²) in [4.78, 5) is 38.8. The van der Waals surface area contributed by atoms with Gasteiger partial charge < -0.3 is 15.4 Å². The molecule has 1 heterocycles. The average Bonchev–Trinajstić information content (AvgIpc) is 2.72. The molecule has 0 spiro atoms. The first-order valence-corrected chi connectivity index (χ1v) is 9.60.